The second-order valence-corrected chi connectivity index (χ2v) is 7.17. The van der Waals surface area contributed by atoms with Gasteiger partial charge in [0.05, 0.1) is 13.7 Å². The molecule has 2 fully saturated rings. The van der Waals surface area contributed by atoms with Crippen molar-refractivity contribution in [3.63, 3.8) is 0 Å². The minimum absolute atomic E-state index is 0.224. The summed E-state index contributed by atoms with van der Waals surface area (Å²) in [7, 11) is 1.63. The Kier molecular flexibility index (Phi) is 5.92. The molecule has 0 radical (unpaired) electrons. The zero-order valence-electron chi connectivity index (χ0n) is 15.9. The van der Waals surface area contributed by atoms with Gasteiger partial charge in [0.1, 0.15) is 6.61 Å². The highest BCUT2D eigenvalue weighted by atomic mass is 16.5. The van der Waals surface area contributed by atoms with E-state index < -0.39 is 0 Å². The molecule has 1 aromatic rings. The van der Waals surface area contributed by atoms with Crippen LogP contribution in [0, 0.1) is 17.8 Å². The van der Waals surface area contributed by atoms with Crippen molar-refractivity contribution in [1.82, 2.24) is 10.2 Å². The second kappa shape index (κ2) is 8.35. The molecule has 5 heteroatoms. The van der Waals surface area contributed by atoms with Crippen LogP contribution in [0.25, 0.3) is 0 Å². The van der Waals surface area contributed by atoms with Gasteiger partial charge in [0.15, 0.2) is 17.5 Å². The van der Waals surface area contributed by atoms with Gasteiger partial charge >= 0.3 is 0 Å². The van der Waals surface area contributed by atoms with Crippen molar-refractivity contribution in [2.24, 2.45) is 10.4 Å². The van der Waals surface area contributed by atoms with Crippen LogP contribution in [0.5, 0.6) is 11.5 Å². The van der Waals surface area contributed by atoms with Gasteiger partial charge in [-0.3, -0.25) is 0 Å². The molecular formula is C21H29N3O2. The Morgan fingerprint density at radius 2 is 2.19 bits per heavy atom. The zero-order valence-corrected chi connectivity index (χ0v) is 15.9. The SMILES string of the molecule is C#CCOc1cc(CN=C(NCC)N2CCC3(CCC3)C2)ccc1OC. The number of terminal acetylenes is 1. The quantitative estimate of drug-likeness (QED) is 0.484. The van der Waals surface area contributed by atoms with Crippen LogP contribution in [0.1, 0.15) is 38.2 Å². The van der Waals surface area contributed by atoms with Crippen molar-refractivity contribution in [3.05, 3.63) is 23.8 Å². The summed E-state index contributed by atoms with van der Waals surface area (Å²) >= 11 is 0. The Balaban J connectivity index is 1.70. The average molecular weight is 355 g/mol. The van der Waals surface area contributed by atoms with Crippen LogP contribution < -0.4 is 14.8 Å². The van der Waals surface area contributed by atoms with Gasteiger partial charge in [-0.25, -0.2) is 4.99 Å². The molecular weight excluding hydrogens is 326 g/mol. The van der Waals surface area contributed by atoms with Crippen molar-refractivity contribution in [2.45, 2.75) is 39.2 Å². The Morgan fingerprint density at radius 1 is 1.35 bits per heavy atom. The largest absolute Gasteiger partial charge is 0.493 e. The van der Waals surface area contributed by atoms with Crippen LogP contribution in [0.4, 0.5) is 0 Å². The minimum Gasteiger partial charge on any atom is -0.493 e. The number of hydrogen-bond donors (Lipinski definition) is 1. The van der Waals surface area contributed by atoms with E-state index in [9.17, 15) is 0 Å². The van der Waals surface area contributed by atoms with Crippen molar-refractivity contribution in [2.75, 3.05) is 33.4 Å². The van der Waals surface area contributed by atoms with Crippen LogP contribution in [0.15, 0.2) is 23.2 Å². The molecule has 0 amide bonds. The summed E-state index contributed by atoms with van der Waals surface area (Å²) in [4.78, 5) is 7.28. The molecule has 0 bridgehead atoms. The summed E-state index contributed by atoms with van der Waals surface area (Å²) in [6.45, 7) is 6.05. The third-order valence-corrected chi connectivity index (χ3v) is 5.44. The molecule has 0 atom stereocenters. The van der Waals surface area contributed by atoms with Gasteiger partial charge in [-0.15, -0.1) is 6.42 Å². The molecule has 2 aliphatic rings. The van der Waals surface area contributed by atoms with Gasteiger partial charge in [-0.05, 0) is 49.3 Å². The van der Waals surface area contributed by atoms with E-state index in [1.807, 2.05) is 18.2 Å². The first-order valence-corrected chi connectivity index (χ1v) is 9.46. The summed E-state index contributed by atoms with van der Waals surface area (Å²) in [6.07, 6.45) is 10.7. The van der Waals surface area contributed by atoms with Crippen molar-refractivity contribution >= 4 is 5.96 Å². The first-order chi connectivity index (χ1) is 12.7. The van der Waals surface area contributed by atoms with Crippen molar-refractivity contribution in [1.29, 1.82) is 0 Å². The number of rotatable bonds is 6. The predicted octanol–water partition coefficient (Wildman–Crippen LogP) is 3.05. The van der Waals surface area contributed by atoms with Crippen molar-refractivity contribution in [3.8, 4) is 23.8 Å². The number of guanidine groups is 1. The Morgan fingerprint density at radius 3 is 2.81 bits per heavy atom. The third-order valence-electron chi connectivity index (χ3n) is 5.44. The lowest BCUT2D eigenvalue weighted by Crippen LogP contribution is -2.42. The number of nitrogens with zero attached hydrogens (tertiary/aromatic N) is 2. The fourth-order valence-corrected chi connectivity index (χ4v) is 3.84. The topological polar surface area (TPSA) is 46.1 Å². The molecule has 1 N–H and O–H groups in total. The lowest BCUT2D eigenvalue weighted by atomic mass is 9.68. The van der Waals surface area contributed by atoms with Crippen LogP contribution in [-0.4, -0.2) is 44.2 Å². The van der Waals surface area contributed by atoms with Gasteiger partial charge < -0.3 is 19.7 Å². The number of nitrogens with one attached hydrogen (secondary N) is 1. The number of aliphatic imine (C=N–C) groups is 1. The maximum Gasteiger partial charge on any atom is 0.194 e. The molecule has 1 aliphatic carbocycles. The lowest BCUT2D eigenvalue weighted by Gasteiger charge is -2.38. The molecule has 1 saturated heterocycles. The summed E-state index contributed by atoms with van der Waals surface area (Å²) < 4.78 is 10.9. The fourth-order valence-electron chi connectivity index (χ4n) is 3.84. The summed E-state index contributed by atoms with van der Waals surface area (Å²) in [5, 5.41) is 3.45. The smallest absolute Gasteiger partial charge is 0.194 e. The van der Waals surface area contributed by atoms with Gasteiger partial charge in [0.25, 0.3) is 0 Å². The van der Waals surface area contributed by atoms with E-state index in [1.165, 1.54) is 25.7 Å². The number of likely N-dealkylation sites (tertiary alicyclic amines) is 1. The molecule has 1 aliphatic heterocycles. The monoisotopic (exact) mass is 355 g/mol. The maximum absolute atomic E-state index is 5.59. The Bertz CT molecular complexity index is 689. The Hall–Kier alpha value is -2.35. The van der Waals surface area contributed by atoms with E-state index in [2.05, 4.69) is 23.1 Å². The molecule has 1 spiro atoms. The van der Waals surface area contributed by atoms with E-state index >= 15 is 0 Å². The molecule has 1 saturated carbocycles. The Labute approximate surface area is 156 Å². The van der Waals surface area contributed by atoms with Crippen molar-refractivity contribution < 1.29 is 9.47 Å². The molecule has 1 heterocycles. The van der Waals surface area contributed by atoms with E-state index in [4.69, 9.17) is 20.9 Å². The number of benzene rings is 1. The highest BCUT2D eigenvalue weighted by molar-refractivity contribution is 5.80. The van der Waals surface area contributed by atoms with Crippen LogP contribution in [-0.2, 0) is 6.54 Å². The van der Waals surface area contributed by atoms with E-state index in [1.54, 1.807) is 7.11 Å². The van der Waals surface area contributed by atoms with Gasteiger partial charge in [-0.2, -0.15) is 0 Å². The molecule has 26 heavy (non-hydrogen) atoms. The molecule has 0 unspecified atom stereocenters. The van der Waals surface area contributed by atoms with Crippen LogP contribution in [0.3, 0.4) is 0 Å². The van der Waals surface area contributed by atoms with E-state index in [0.29, 0.717) is 23.5 Å². The molecule has 1 aromatic carbocycles. The summed E-state index contributed by atoms with van der Waals surface area (Å²) in [6, 6.07) is 5.88. The maximum atomic E-state index is 5.59. The highest BCUT2D eigenvalue weighted by Crippen LogP contribution is 2.47. The summed E-state index contributed by atoms with van der Waals surface area (Å²) in [5.74, 6) is 4.85. The van der Waals surface area contributed by atoms with Crippen LogP contribution in [0.2, 0.25) is 0 Å². The molecule has 0 aromatic heterocycles. The average Bonchev–Trinajstić information content (AvgIpc) is 3.09. The standard InChI is InChI=1S/C21H29N3O2/c1-4-13-26-19-14-17(7-8-18(19)25-3)15-23-20(22-5-2)24-12-11-21(16-24)9-6-10-21/h1,7-8,14H,5-6,9-13,15-16H2,2-3H3,(H,22,23). The van der Waals surface area contributed by atoms with E-state index in [-0.39, 0.29) is 6.61 Å². The van der Waals surface area contributed by atoms with Crippen LogP contribution >= 0.6 is 0 Å². The normalized spacial score (nSPS) is 18.3. The van der Waals surface area contributed by atoms with Gasteiger partial charge in [-0.1, -0.05) is 18.4 Å². The first-order valence-electron chi connectivity index (χ1n) is 9.46. The van der Waals surface area contributed by atoms with E-state index in [0.717, 1.165) is 31.2 Å². The molecule has 5 nitrogen and oxygen atoms in total. The number of ether oxygens (including phenoxy) is 2. The number of hydrogen-bond acceptors (Lipinski definition) is 3. The first kappa shape index (κ1) is 18.4. The number of methoxy groups -OCH3 is 1. The van der Waals surface area contributed by atoms with Gasteiger partial charge in [0, 0.05) is 19.6 Å². The summed E-state index contributed by atoms with van der Waals surface area (Å²) in [5.41, 5.74) is 1.64. The second-order valence-electron chi connectivity index (χ2n) is 7.17. The lowest BCUT2D eigenvalue weighted by molar-refractivity contribution is 0.151. The molecule has 140 valence electrons. The minimum atomic E-state index is 0.224. The fraction of sp³-hybridized carbons (Fsp3) is 0.571. The third kappa shape index (κ3) is 4.07. The van der Waals surface area contributed by atoms with Gasteiger partial charge in [0.2, 0.25) is 0 Å². The molecule has 3 rings (SSSR count). The predicted molar refractivity (Wildman–Crippen MR) is 105 cm³/mol. The highest BCUT2D eigenvalue weighted by Gasteiger charge is 2.43. The zero-order chi connectivity index (χ0) is 18.4.